The van der Waals surface area contributed by atoms with Crippen molar-refractivity contribution < 1.29 is 0 Å². The largest absolute Gasteiger partial charge is 0.379 e. The van der Waals surface area contributed by atoms with Crippen molar-refractivity contribution in [2.24, 2.45) is 0 Å². The molecule has 0 spiro atoms. The fourth-order valence-corrected chi connectivity index (χ4v) is 4.06. The highest BCUT2D eigenvalue weighted by molar-refractivity contribution is 9.10. The van der Waals surface area contributed by atoms with Gasteiger partial charge in [0.25, 0.3) is 0 Å². The zero-order chi connectivity index (χ0) is 13.9. The van der Waals surface area contributed by atoms with E-state index in [0.29, 0.717) is 0 Å². The molecule has 5 heteroatoms. The minimum atomic E-state index is 0.723. The minimum Gasteiger partial charge on any atom is -0.379 e. The second kappa shape index (κ2) is 6.31. The average Bonchev–Trinajstić information content (AvgIpc) is 3.10. The predicted molar refractivity (Wildman–Crippen MR) is 94.1 cm³/mol. The van der Waals surface area contributed by atoms with Gasteiger partial charge in [0.15, 0.2) is 0 Å². The lowest BCUT2D eigenvalue weighted by Gasteiger charge is -2.08. The van der Waals surface area contributed by atoms with Crippen LogP contribution >= 0.6 is 50.2 Å². The van der Waals surface area contributed by atoms with E-state index in [2.05, 4.69) is 50.2 Å². The minimum absolute atomic E-state index is 0.723. The van der Waals surface area contributed by atoms with Crippen LogP contribution in [0.1, 0.15) is 4.88 Å². The summed E-state index contributed by atoms with van der Waals surface area (Å²) < 4.78 is 0.914. The molecule has 0 aliphatic rings. The molecule has 0 aliphatic carbocycles. The lowest BCUT2D eigenvalue weighted by atomic mass is 10.2. The zero-order valence-electron chi connectivity index (χ0n) is 10.4. The van der Waals surface area contributed by atoms with Crippen LogP contribution in [-0.4, -0.2) is 0 Å². The molecule has 0 atom stereocenters. The molecule has 20 heavy (non-hydrogen) atoms. The third-order valence-corrected chi connectivity index (χ3v) is 6.12. The number of nitrogens with one attached hydrogen (secondary N) is 1. The van der Waals surface area contributed by atoms with Gasteiger partial charge in [-0.25, -0.2) is 0 Å². The van der Waals surface area contributed by atoms with Crippen LogP contribution in [-0.2, 0) is 6.54 Å². The molecule has 3 aromatic rings. The number of thiophene rings is 2. The van der Waals surface area contributed by atoms with Crippen LogP contribution in [0.2, 0.25) is 5.02 Å². The van der Waals surface area contributed by atoms with Crippen molar-refractivity contribution >= 4 is 55.9 Å². The molecule has 0 unspecified atom stereocenters. The van der Waals surface area contributed by atoms with E-state index < -0.39 is 0 Å². The molecule has 1 nitrogen and oxygen atoms in total. The molecule has 0 fully saturated rings. The van der Waals surface area contributed by atoms with Gasteiger partial charge < -0.3 is 5.32 Å². The molecule has 0 amide bonds. The summed E-state index contributed by atoms with van der Waals surface area (Å²) in [7, 11) is 0. The number of anilines is 1. The van der Waals surface area contributed by atoms with Crippen LogP contribution < -0.4 is 5.32 Å². The molecular weight excluding hydrogens is 374 g/mol. The number of hydrogen-bond acceptors (Lipinski definition) is 3. The van der Waals surface area contributed by atoms with Crippen LogP contribution in [0, 0.1) is 0 Å². The van der Waals surface area contributed by atoms with Crippen molar-refractivity contribution in [3.05, 3.63) is 61.5 Å². The van der Waals surface area contributed by atoms with Gasteiger partial charge in [-0.15, -0.1) is 22.7 Å². The molecule has 0 aliphatic heterocycles. The molecule has 0 bridgehead atoms. The van der Waals surface area contributed by atoms with Gasteiger partial charge in [0.05, 0.1) is 15.2 Å². The molecular formula is C15H11BrClNS2. The highest BCUT2D eigenvalue weighted by Crippen LogP contribution is 2.32. The normalized spacial score (nSPS) is 10.7. The molecule has 3 rings (SSSR count). The standard InChI is InChI=1S/C15H11BrClNS2/c16-15-12(17)3-1-4-13(15)18-8-11-7-10(9-20-11)14-5-2-6-19-14/h1-7,9,18H,8H2. The molecule has 1 N–H and O–H groups in total. The van der Waals surface area contributed by atoms with E-state index in [1.165, 1.54) is 15.3 Å². The Hall–Kier alpha value is -0.810. The Bertz CT molecular complexity index is 706. The maximum absolute atomic E-state index is 6.08. The van der Waals surface area contributed by atoms with Gasteiger partial charge in [-0.3, -0.25) is 0 Å². The summed E-state index contributed by atoms with van der Waals surface area (Å²) in [5, 5.41) is 8.44. The Kier molecular flexibility index (Phi) is 4.46. The number of rotatable bonds is 4. The molecule has 0 saturated heterocycles. The van der Waals surface area contributed by atoms with Gasteiger partial charge in [-0.2, -0.15) is 0 Å². The van der Waals surface area contributed by atoms with Crippen molar-refractivity contribution in [3.8, 4) is 10.4 Å². The average molecular weight is 385 g/mol. The molecule has 2 aromatic heterocycles. The Morgan fingerprint density at radius 2 is 2.05 bits per heavy atom. The van der Waals surface area contributed by atoms with E-state index in [-0.39, 0.29) is 0 Å². The summed E-state index contributed by atoms with van der Waals surface area (Å²) in [5.41, 5.74) is 2.32. The Labute approximate surface area is 139 Å². The fourth-order valence-electron chi connectivity index (χ4n) is 1.87. The zero-order valence-corrected chi connectivity index (χ0v) is 14.4. The van der Waals surface area contributed by atoms with Crippen LogP contribution in [0.5, 0.6) is 0 Å². The van der Waals surface area contributed by atoms with E-state index in [1.54, 1.807) is 22.7 Å². The topological polar surface area (TPSA) is 12.0 Å². The predicted octanol–water partition coefficient (Wildman–Crippen LogP) is 6.50. The highest BCUT2D eigenvalue weighted by atomic mass is 79.9. The maximum atomic E-state index is 6.08. The van der Waals surface area contributed by atoms with Crippen LogP contribution in [0.15, 0.2) is 51.6 Å². The van der Waals surface area contributed by atoms with E-state index in [4.69, 9.17) is 11.6 Å². The first-order valence-corrected chi connectivity index (χ1v) is 8.96. The van der Waals surface area contributed by atoms with E-state index in [9.17, 15) is 0 Å². The summed E-state index contributed by atoms with van der Waals surface area (Å²) >= 11 is 13.1. The Balaban J connectivity index is 1.71. The van der Waals surface area contributed by atoms with Crippen molar-refractivity contribution in [1.29, 1.82) is 0 Å². The van der Waals surface area contributed by atoms with Crippen molar-refractivity contribution in [3.63, 3.8) is 0 Å². The lowest BCUT2D eigenvalue weighted by Crippen LogP contribution is -1.98. The van der Waals surface area contributed by atoms with Gasteiger partial charge in [-0.05, 0) is 51.0 Å². The number of hydrogen-bond donors (Lipinski definition) is 1. The number of benzene rings is 1. The summed E-state index contributed by atoms with van der Waals surface area (Å²) in [6.45, 7) is 0.801. The SMILES string of the molecule is Clc1cccc(NCc2cc(-c3cccs3)cs2)c1Br. The summed E-state index contributed by atoms with van der Waals surface area (Å²) in [5.74, 6) is 0. The fraction of sp³-hybridized carbons (Fsp3) is 0.0667. The molecule has 2 heterocycles. The lowest BCUT2D eigenvalue weighted by molar-refractivity contribution is 1.19. The van der Waals surface area contributed by atoms with E-state index in [1.807, 2.05) is 18.2 Å². The van der Waals surface area contributed by atoms with E-state index in [0.717, 1.165) is 21.7 Å². The summed E-state index contributed by atoms with van der Waals surface area (Å²) in [4.78, 5) is 2.62. The monoisotopic (exact) mass is 383 g/mol. The second-order valence-electron chi connectivity index (χ2n) is 4.23. The first kappa shape index (κ1) is 14.1. The van der Waals surface area contributed by atoms with Crippen LogP contribution in [0.4, 0.5) is 5.69 Å². The van der Waals surface area contributed by atoms with Crippen molar-refractivity contribution in [2.45, 2.75) is 6.54 Å². The van der Waals surface area contributed by atoms with Crippen LogP contribution in [0.3, 0.4) is 0 Å². The molecule has 102 valence electrons. The highest BCUT2D eigenvalue weighted by Gasteiger charge is 2.06. The summed E-state index contributed by atoms with van der Waals surface area (Å²) in [6.07, 6.45) is 0. The van der Waals surface area contributed by atoms with Crippen molar-refractivity contribution in [1.82, 2.24) is 0 Å². The van der Waals surface area contributed by atoms with Gasteiger partial charge in [-0.1, -0.05) is 23.7 Å². The Morgan fingerprint density at radius 3 is 2.85 bits per heavy atom. The first-order valence-electron chi connectivity index (χ1n) is 6.03. The third kappa shape index (κ3) is 3.09. The van der Waals surface area contributed by atoms with Crippen LogP contribution in [0.25, 0.3) is 10.4 Å². The summed E-state index contributed by atoms with van der Waals surface area (Å²) in [6, 6.07) is 12.3. The number of halogens is 2. The first-order chi connectivity index (χ1) is 9.74. The smallest absolute Gasteiger partial charge is 0.0593 e. The quantitative estimate of drug-likeness (QED) is 0.541. The van der Waals surface area contributed by atoms with Gasteiger partial charge in [0, 0.05) is 21.9 Å². The maximum Gasteiger partial charge on any atom is 0.0593 e. The van der Waals surface area contributed by atoms with Gasteiger partial charge >= 0.3 is 0 Å². The van der Waals surface area contributed by atoms with Gasteiger partial charge in [0.1, 0.15) is 0 Å². The Morgan fingerprint density at radius 1 is 1.15 bits per heavy atom. The molecule has 0 saturated carbocycles. The van der Waals surface area contributed by atoms with E-state index >= 15 is 0 Å². The van der Waals surface area contributed by atoms with Gasteiger partial charge in [0.2, 0.25) is 0 Å². The van der Waals surface area contributed by atoms with Crippen molar-refractivity contribution in [2.75, 3.05) is 5.32 Å². The molecule has 1 aromatic carbocycles. The molecule has 0 radical (unpaired) electrons. The third-order valence-electron chi connectivity index (χ3n) is 2.86. The second-order valence-corrected chi connectivity index (χ2v) is 7.38.